The standard InChI is InChI=1S/C19H27NO6/c1-2-25-15-6-3-4-7-16(15)26-11-5-8-17(21)20-19(14-18(22)23)9-12-24-13-10-19/h3-4,6-7H,2,5,8-14H2,1H3,(H,20,21)(H,22,23). The van der Waals surface area contributed by atoms with Crippen LogP contribution in [0.25, 0.3) is 0 Å². The third-order valence-corrected chi connectivity index (χ3v) is 4.30. The van der Waals surface area contributed by atoms with E-state index in [-0.39, 0.29) is 18.7 Å². The Kier molecular flexibility index (Phi) is 7.72. The minimum absolute atomic E-state index is 0.0830. The van der Waals surface area contributed by atoms with E-state index < -0.39 is 11.5 Å². The maximum atomic E-state index is 12.3. The number of para-hydroxylation sites is 2. The molecule has 144 valence electrons. The van der Waals surface area contributed by atoms with E-state index in [1.54, 1.807) is 0 Å². The van der Waals surface area contributed by atoms with Gasteiger partial charge >= 0.3 is 5.97 Å². The lowest BCUT2D eigenvalue weighted by Crippen LogP contribution is -2.53. The van der Waals surface area contributed by atoms with Gasteiger partial charge in [0, 0.05) is 19.6 Å². The lowest BCUT2D eigenvalue weighted by atomic mass is 9.86. The molecule has 1 aliphatic rings. The van der Waals surface area contributed by atoms with Crippen LogP contribution in [0.1, 0.15) is 39.0 Å². The summed E-state index contributed by atoms with van der Waals surface area (Å²) in [5.41, 5.74) is -0.705. The summed E-state index contributed by atoms with van der Waals surface area (Å²) >= 11 is 0. The molecule has 0 radical (unpaired) electrons. The molecule has 0 saturated carbocycles. The topological polar surface area (TPSA) is 94.1 Å². The summed E-state index contributed by atoms with van der Waals surface area (Å²) in [6.45, 7) is 3.77. The van der Waals surface area contributed by atoms with E-state index >= 15 is 0 Å². The highest BCUT2D eigenvalue weighted by atomic mass is 16.5. The van der Waals surface area contributed by atoms with Crippen LogP contribution in [0, 0.1) is 0 Å². The molecule has 0 bridgehead atoms. The highest BCUT2D eigenvalue weighted by Crippen LogP contribution is 2.27. The first-order valence-corrected chi connectivity index (χ1v) is 9.00. The van der Waals surface area contributed by atoms with Crippen molar-refractivity contribution in [3.05, 3.63) is 24.3 Å². The number of carbonyl (C=O) groups is 2. The Morgan fingerprint density at radius 3 is 2.46 bits per heavy atom. The minimum Gasteiger partial charge on any atom is -0.490 e. The molecule has 0 aromatic heterocycles. The van der Waals surface area contributed by atoms with Gasteiger partial charge in [-0.3, -0.25) is 9.59 Å². The van der Waals surface area contributed by atoms with Crippen LogP contribution < -0.4 is 14.8 Å². The van der Waals surface area contributed by atoms with Crippen molar-refractivity contribution in [2.75, 3.05) is 26.4 Å². The Bertz CT molecular complexity index is 597. The van der Waals surface area contributed by atoms with Gasteiger partial charge in [-0.1, -0.05) is 12.1 Å². The average molecular weight is 365 g/mol. The molecule has 7 nitrogen and oxygen atoms in total. The van der Waals surface area contributed by atoms with Gasteiger partial charge in [0.25, 0.3) is 0 Å². The Morgan fingerprint density at radius 2 is 1.85 bits per heavy atom. The Balaban J connectivity index is 1.78. The highest BCUT2D eigenvalue weighted by molar-refractivity contribution is 5.78. The molecule has 1 heterocycles. The predicted octanol–water partition coefficient (Wildman–Crippen LogP) is 2.38. The number of benzene rings is 1. The van der Waals surface area contributed by atoms with Crippen molar-refractivity contribution in [2.45, 2.75) is 44.6 Å². The van der Waals surface area contributed by atoms with Gasteiger partial charge in [-0.2, -0.15) is 0 Å². The first kappa shape index (κ1) is 20.0. The van der Waals surface area contributed by atoms with Crippen LogP contribution in [-0.4, -0.2) is 48.9 Å². The summed E-state index contributed by atoms with van der Waals surface area (Å²) in [4.78, 5) is 23.4. The molecule has 0 spiro atoms. The first-order valence-electron chi connectivity index (χ1n) is 9.00. The van der Waals surface area contributed by atoms with E-state index in [0.29, 0.717) is 57.2 Å². The van der Waals surface area contributed by atoms with Crippen molar-refractivity contribution in [3.63, 3.8) is 0 Å². The molecule has 1 fully saturated rings. The molecule has 1 aliphatic heterocycles. The van der Waals surface area contributed by atoms with Crippen molar-refractivity contribution in [1.29, 1.82) is 0 Å². The number of ether oxygens (including phenoxy) is 3. The molecule has 1 aromatic carbocycles. The average Bonchev–Trinajstić information content (AvgIpc) is 2.60. The zero-order chi connectivity index (χ0) is 18.8. The molecule has 1 amide bonds. The molecule has 0 unspecified atom stereocenters. The molecular formula is C19H27NO6. The van der Waals surface area contributed by atoms with Gasteiger partial charge in [0.05, 0.1) is 25.2 Å². The molecule has 2 rings (SSSR count). The second-order valence-electron chi connectivity index (χ2n) is 6.34. The van der Waals surface area contributed by atoms with Crippen LogP contribution in [0.15, 0.2) is 24.3 Å². The maximum Gasteiger partial charge on any atom is 0.305 e. The number of hydrogen-bond acceptors (Lipinski definition) is 5. The van der Waals surface area contributed by atoms with Crippen LogP contribution in [0.2, 0.25) is 0 Å². The van der Waals surface area contributed by atoms with Crippen LogP contribution in [-0.2, 0) is 14.3 Å². The fraction of sp³-hybridized carbons (Fsp3) is 0.579. The third-order valence-electron chi connectivity index (χ3n) is 4.30. The highest BCUT2D eigenvalue weighted by Gasteiger charge is 2.36. The lowest BCUT2D eigenvalue weighted by Gasteiger charge is -2.36. The first-order chi connectivity index (χ1) is 12.5. The smallest absolute Gasteiger partial charge is 0.305 e. The summed E-state index contributed by atoms with van der Waals surface area (Å²) < 4.78 is 16.5. The zero-order valence-electron chi connectivity index (χ0n) is 15.2. The number of carbonyl (C=O) groups excluding carboxylic acids is 1. The van der Waals surface area contributed by atoms with E-state index in [4.69, 9.17) is 19.3 Å². The van der Waals surface area contributed by atoms with Crippen LogP contribution >= 0.6 is 0 Å². The number of rotatable bonds is 10. The van der Waals surface area contributed by atoms with Crippen molar-refractivity contribution in [3.8, 4) is 11.5 Å². The van der Waals surface area contributed by atoms with Gasteiger partial charge < -0.3 is 24.6 Å². The Morgan fingerprint density at radius 1 is 1.19 bits per heavy atom. The molecule has 26 heavy (non-hydrogen) atoms. The van der Waals surface area contributed by atoms with Crippen molar-refractivity contribution in [1.82, 2.24) is 5.32 Å². The quantitative estimate of drug-likeness (QED) is 0.618. The summed E-state index contributed by atoms with van der Waals surface area (Å²) in [6.07, 6.45) is 1.76. The number of nitrogens with one attached hydrogen (secondary N) is 1. The molecule has 1 saturated heterocycles. The van der Waals surface area contributed by atoms with E-state index in [0.717, 1.165) is 0 Å². The van der Waals surface area contributed by atoms with E-state index in [9.17, 15) is 9.59 Å². The number of carboxylic acids is 1. The van der Waals surface area contributed by atoms with Crippen molar-refractivity contribution < 1.29 is 28.9 Å². The largest absolute Gasteiger partial charge is 0.490 e. The normalized spacial score (nSPS) is 15.9. The summed E-state index contributed by atoms with van der Waals surface area (Å²) in [6, 6.07) is 7.41. The number of hydrogen-bond donors (Lipinski definition) is 2. The van der Waals surface area contributed by atoms with Gasteiger partial charge in [-0.15, -0.1) is 0 Å². The van der Waals surface area contributed by atoms with Gasteiger partial charge in [0.1, 0.15) is 0 Å². The molecule has 1 aromatic rings. The lowest BCUT2D eigenvalue weighted by molar-refractivity contribution is -0.140. The van der Waals surface area contributed by atoms with Gasteiger partial charge in [-0.25, -0.2) is 0 Å². The number of carboxylic acid groups (broad SMARTS) is 1. The molecular weight excluding hydrogens is 338 g/mol. The monoisotopic (exact) mass is 365 g/mol. The van der Waals surface area contributed by atoms with Gasteiger partial charge in [0.2, 0.25) is 5.91 Å². The maximum absolute atomic E-state index is 12.3. The van der Waals surface area contributed by atoms with Crippen LogP contribution in [0.3, 0.4) is 0 Å². The molecule has 2 N–H and O–H groups in total. The van der Waals surface area contributed by atoms with Crippen molar-refractivity contribution >= 4 is 11.9 Å². The summed E-state index contributed by atoms with van der Waals surface area (Å²) in [5, 5.41) is 12.0. The Labute approximate surface area is 153 Å². The fourth-order valence-electron chi connectivity index (χ4n) is 3.01. The van der Waals surface area contributed by atoms with Crippen molar-refractivity contribution in [2.24, 2.45) is 0 Å². The van der Waals surface area contributed by atoms with Crippen LogP contribution in [0.5, 0.6) is 11.5 Å². The SMILES string of the molecule is CCOc1ccccc1OCCCC(=O)NC1(CC(=O)O)CCOCC1. The van der Waals surface area contributed by atoms with Gasteiger partial charge in [0.15, 0.2) is 11.5 Å². The number of aliphatic carboxylic acids is 1. The van der Waals surface area contributed by atoms with Gasteiger partial charge in [-0.05, 0) is 38.3 Å². The third kappa shape index (κ3) is 6.22. The summed E-state index contributed by atoms with van der Waals surface area (Å²) in [5.74, 6) is 0.265. The van der Waals surface area contributed by atoms with E-state index in [1.165, 1.54) is 0 Å². The minimum atomic E-state index is -0.914. The molecule has 0 aliphatic carbocycles. The molecule has 0 atom stereocenters. The predicted molar refractivity (Wildman–Crippen MR) is 95.5 cm³/mol. The van der Waals surface area contributed by atoms with E-state index in [1.807, 2.05) is 31.2 Å². The van der Waals surface area contributed by atoms with Crippen LogP contribution in [0.4, 0.5) is 0 Å². The zero-order valence-corrected chi connectivity index (χ0v) is 15.2. The fourth-order valence-corrected chi connectivity index (χ4v) is 3.01. The second-order valence-corrected chi connectivity index (χ2v) is 6.34. The summed E-state index contributed by atoms with van der Waals surface area (Å²) in [7, 11) is 0. The second kappa shape index (κ2) is 10.0. The Hall–Kier alpha value is -2.28. The number of amides is 1. The van der Waals surface area contributed by atoms with E-state index in [2.05, 4.69) is 5.32 Å². The molecule has 7 heteroatoms.